The van der Waals surface area contributed by atoms with Gasteiger partial charge in [0.05, 0.1) is 16.7 Å². The number of nitrogens with one attached hydrogen (secondary N) is 1. The maximum Gasteiger partial charge on any atom is 0.264 e. The molecule has 2 aromatic carbocycles. The van der Waals surface area contributed by atoms with Gasteiger partial charge in [-0.1, -0.05) is 29.3 Å². The third kappa shape index (κ3) is 7.19. The van der Waals surface area contributed by atoms with Crippen LogP contribution < -0.4 is 9.62 Å². The van der Waals surface area contributed by atoms with Gasteiger partial charge >= 0.3 is 0 Å². The van der Waals surface area contributed by atoms with Gasteiger partial charge < -0.3 is 10.1 Å². The van der Waals surface area contributed by atoms with Crippen LogP contribution in [0, 0.1) is 0 Å². The number of hydrogen-bond donors (Lipinski definition) is 1. The monoisotopic (exact) mass is 458 g/mol. The number of halogens is 2. The van der Waals surface area contributed by atoms with Gasteiger partial charge in [0.2, 0.25) is 5.91 Å². The first-order valence-electron chi connectivity index (χ1n) is 9.12. The molecule has 0 aliphatic rings. The van der Waals surface area contributed by atoms with Crippen LogP contribution in [0.2, 0.25) is 10.0 Å². The fraction of sp³-hybridized carbons (Fsp3) is 0.350. The van der Waals surface area contributed by atoms with Crippen molar-refractivity contribution < 1.29 is 17.9 Å². The van der Waals surface area contributed by atoms with Crippen LogP contribution >= 0.6 is 23.2 Å². The number of benzene rings is 2. The molecule has 1 N–H and O–H groups in total. The molecular weight excluding hydrogens is 435 g/mol. The molecule has 2 rings (SSSR count). The van der Waals surface area contributed by atoms with Crippen LogP contribution in [-0.2, 0) is 19.6 Å². The Hall–Kier alpha value is -1.80. The number of hydrogen-bond acceptors (Lipinski definition) is 4. The molecule has 0 saturated heterocycles. The second-order valence-corrected chi connectivity index (χ2v) is 9.30. The Morgan fingerprint density at radius 1 is 1.10 bits per heavy atom. The molecule has 0 radical (unpaired) electrons. The molecule has 0 aliphatic heterocycles. The molecule has 0 heterocycles. The van der Waals surface area contributed by atoms with Crippen LogP contribution in [0.4, 0.5) is 5.69 Å². The molecule has 6 nitrogen and oxygen atoms in total. The number of sulfonamides is 1. The maximum absolute atomic E-state index is 13.2. The van der Waals surface area contributed by atoms with Crippen molar-refractivity contribution in [3.8, 4) is 0 Å². The molecule has 1 amide bonds. The van der Waals surface area contributed by atoms with Gasteiger partial charge in [-0.15, -0.1) is 0 Å². The smallest absolute Gasteiger partial charge is 0.264 e. The molecule has 2 aromatic rings. The van der Waals surface area contributed by atoms with Crippen LogP contribution in [0.1, 0.15) is 20.3 Å². The summed E-state index contributed by atoms with van der Waals surface area (Å²) in [6.07, 6.45) is 0.749. The molecule has 158 valence electrons. The highest BCUT2D eigenvalue weighted by atomic mass is 35.5. The Morgan fingerprint density at radius 3 is 2.41 bits per heavy atom. The first kappa shape index (κ1) is 23.5. The number of nitrogens with zero attached hydrogens (tertiary/aromatic N) is 1. The van der Waals surface area contributed by atoms with Gasteiger partial charge in [0.25, 0.3) is 10.0 Å². The molecular formula is C20H24Cl2N2O4S. The first-order chi connectivity index (χ1) is 13.7. The zero-order chi connectivity index (χ0) is 21.4. The minimum Gasteiger partial charge on any atom is -0.379 e. The number of anilines is 1. The van der Waals surface area contributed by atoms with Crippen molar-refractivity contribution in [2.45, 2.75) is 31.3 Å². The predicted molar refractivity (Wildman–Crippen MR) is 116 cm³/mol. The van der Waals surface area contributed by atoms with Gasteiger partial charge in [-0.3, -0.25) is 9.10 Å². The van der Waals surface area contributed by atoms with Crippen molar-refractivity contribution in [2.75, 3.05) is 24.0 Å². The lowest BCUT2D eigenvalue weighted by Crippen LogP contribution is -2.41. The van der Waals surface area contributed by atoms with Crippen molar-refractivity contribution in [2.24, 2.45) is 0 Å². The molecule has 0 saturated carbocycles. The van der Waals surface area contributed by atoms with E-state index in [0.717, 1.165) is 4.31 Å². The first-order valence-corrected chi connectivity index (χ1v) is 11.3. The van der Waals surface area contributed by atoms with Crippen molar-refractivity contribution >= 4 is 44.8 Å². The van der Waals surface area contributed by atoms with Crippen LogP contribution in [0.3, 0.4) is 0 Å². The highest BCUT2D eigenvalue weighted by Gasteiger charge is 2.27. The summed E-state index contributed by atoms with van der Waals surface area (Å²) in [5.74, 6) is -0.424. The predicted octanol–water partition coefficient (Wildman–Crippen LogP) is 4.12. The van der Waals surface area contributed by atoms with Crippen LogP contribution in [0.25, 0.3) is 0 Å². The third-order valence-electron chi connectivity index (χ3n) is 3.88. The summed E-state index contributed by atoms with van der Waals surface area (Å²) in [6.45, 7) is 4.39. The molecule has 0 fully saturated rings. The third-order valence-corrected chi connectivity index (χ3v) is 6.15. The van der Waals surface area contributed by atoms with Crippen LogP contribution in [0.5, 0.6) is 0 Å². The minimum atomic E-state index is -4.00. The Bertz CT molecular complexity index is 918. The number of ether oxygens (including phenoxy) is 1. The minimum absolute atomic E-state index is 0.0278. The van der Waals surface area contributed by atoms with Crippen molar-refractivity contribution in [3.63, 3.8) is 0 Å². The van der Waals surface area contributed by atoms with E-state index in [-0.39, 0.29) is 17.5 Å². The molecule has 0 atom stereocenters. The second kappa shape index (κ2) is 10.8. The van der Waals surface area contributed by atoms with E-state index >= 15 is 0 Å². The molecule has 0 spiro atoms. The van der Waals surface area contributed by atoms with Gasteiger partial charge in [0.1, 0.15) is 6.54 Å². The van der Waals surface area contributed by atoms with Crippen molar-refractivity contribution in [3.05, 3.63) is 58.6 Å². The van der Waals surface area contributed by atoms with Gasteiger partial charge in [0.15, 0.2) is 0 Å². The molecule has 0 aromatic heterocycles. The highest BCUT2D eigenvalue weighted by Crippen LogP contribution is 2.26. The summed E-state index contributed by atoms with van der Waals surface area (Å²) in [4.78, 5) is 12.5. The summed E-state index contributed by atoms with van der Waals surface area (Å²) in [6, 6.07) is 12.1. The Labute approximate surface area is 181 Å². The fourth-order valence-corrected chi connectivity index (χ4v) is 4.21. The summed E-state index contributed by atoms with van der Waals surface area (Å²) in [7, 11) is -4.00. The fourth-order valence-electron chi connectivity index (χ4n) is 2.49. The molecule has 29 heavy (non-hydrogen) atoms. The van der Waals surface area contributed by atoms with Gasteiger partial charge in [-0.05, 0) is 62.7 Å². The molecule has 0 bridgehead atoms. The quantitative estimate of drug-likeness (QED) is 0.543. The van der Waals surface area contributed by atoms with Gasteiger partial charge in [-0.25, -0.2) is 8.42 Å². The SMILES string of the molecule is CC(C)OCCCNC(=O)CN(c1cccc(Cl)c1)S(=O)(=O)c1ccc(Cl)cc1. The number of carbonyl (C=O) groups is 1. The zero-order valence-electron chi connectivity index (χ0n) is 16.3. The number of amides is 1. The van der Waals surface area contributed by atoms with E-state index < -0.39 is 15.9 Å². The average molecular weight is 459 g/mol. The molecule has 0 aliphatic carbocycles. The van der Waals surface area contributed by atoms with Crippen LogP contribution in [-0.4, -0.2) is 40.1 Å². The summed E-state index contributed by atoms with van der Waals surface area (Å²) < 4.78 is 32.8. The molecule has 0 unspecified atom stereocenters. The lowest BCUT2D eigenvalue weighted by atomic mass is 10.3. The van der Waals surface area contributed by atoms with E-state index in [2.05, 4.69) is 5.32 Å². The Morgan fingerprint density at radius 2 is 1.79 bits per heavy atom. The Balaban J connectivity index is 2.18. The lowest BCUT2D eigenvalue weighted by molar-refractivity contribution is -0.119. The summed E-state index contributed by atoms with van der Waals surface area (Å²) in [5.41, 5.74) is 0.297. The van der Waals surface area contributed by atoms with Crippen molar-refractivity contribution in [1.29, 1.82) is 0 Å². The largest absolute Gasteiger partial charge is 0.379 e. The van der Waals surface area contributed by atoms with Crippen molar-refractivity contribution in [1.82, 2.24) is 5.32 Å². The van der Waals surface area contributed by atoms with E-state index in [0.29, 0.717) is 35.3 Å². The summed E-state index contributed by atoms with van der Waals surface area (Å²) >= 11 is 11.9. The van der Waals surface area contributed by atoms with Gasteiger partial charge in [0, 0.05) is 23.2 Å². The second-order valence-electron chi connectivity index (χ2n) is 6.57. The standard InChI is InChI=1S/C20H24Cl2N2O4S/c1-15(2)28-12-4-11-23-20(25)14-24(18-6-3-5-17(22)13-18)29(26,27)19-9-7-16(21)8-10-19/h3,5-10,13,15H,4,11-12,14H2,1-2H3,(H,23,25). The Kier molecular flexibility index (Phi) is 8.77. The highest BCUT2D eigenvalue weighted by molar-refractivity contribution is 7.92. The van der Waals surface area contributed by atoms with E-state index in [1.807, 2.05) is 13.8 Å². The number of rotatable bonds is 10. The summed E-state index contributed by atoms with van der Waals surface area (Å²) in [5, 5.41) is 3.51. The molecule has 9 heteroatoms. The van der Waals surface area contributed by atoms with E-state index in [1.54, 1.807) is 18.2 Å². The van der Waals surface area contributed by atoms with Gasteiger partial charge in [-0.2, -0.15) is 0 Å². The number of carbonyl (C=O) groups excluding carboxylic acids is 1. The normalized spacial score (nSPS) is 11.5. The zero-order valence-corrected chi connectivity index (χ0v) is 18.6. The topological polar surface area (TPSA) is 75.7 Å². The maximum atomic E-state index is 13.2. The lowest BCUT2D eigenvalue weighted by Gasteiger charge is -2.24. The average Bonchev–Trinajstić information content (AvgIpc) is 2.66. The van der Waals surface area contributed by atoms with Crippen LogP contribution in [0.15, 0.2) is 53.4 Å². The van der Waals surface area contributed by atoms with E-state index in [9.17, 15) is 13.2 Å². The van der Waals surface area contributed by atoms with E-state index in [1.165, 1.54) is 30.3 Å². The van der Waals surface area contributed by atoms with E-state index in [4.69, 9.17) is 27.9 Å².